The monoisotopic (exact) mass is 293 g/mol. The van der Waals surface area contributed by atoms with Crippen molar-refractivity contribution in [3.05, 3.63) is 35.1 Å². The van der Waals surface area contributed by atoms with Gasteiger partial charge in [0.25, 0.3) is 5.91 Å². The van der Waals surface area contributed by atoms with Crippen LogP contribution < -0.4 is 0 Å². The number of alkyl halides is 3. The minimum Gasteiger partial charge on any atom is -0.480 e. The highest BCUT2D eigenvalue weighted by Gasteiger charge is 2.35. The van der Waals surface area contributed by atoms with E-state index >= 15 is 0 Å². The van der Waals surface area contributed by atoms with E-state index in [2.05, 4.69) is 0 Å². The number of benzene rings is 1. The standard InChI is InChI=1S/C12H11F4NO3/c1-2-17(6-10(18)19)11(20)7-3-4-9(13)8(5-7)12(14,15)16/h3-5H,2,6H2,1H3,(H,18,19). The van der Waals surface area contributed by atoms with E-state index in [0.717, 1.165) is 11.0 Å². The van der Waals surface area contributed by atoms with Crippen LogP contribution in [0.3, 0.4) is 0 Å². The lowest BCUT2D eigenvalue weighted by molar-refractivity contribution is -0.140. The Kier molecular flexibility index (Phi) is 4.69. The number of likely N-dealkylation sites (N-methyl/N-ethyl adjacent to an activating group) is 1. The number of hydrogen-bond donors (Lipinski definition) is 1. The van der Waals surface area contributed by atoms with Gasteiger partial charge in [-0.1, -0.05) is 0 Å². The van der Waals surface area contributed by atoms with Crippen LogP contribution in [0.4, 0.5) is 17.6 Å². The normalized spacial score (nSPS) is 11.2. The summed E-state index contributed by atoms with van der Waals surface area (Å²) in [6.07, 6.45) is -4.93. The molecule has 1 rings (SSSR count). The van der Waals surface area contributed by atoms with Crippen LogP contribution in [0, 0.1) is 5.82 Å². The molecular weight excluding hydrogens is 282 g/mol. The van der Waals surface area contributed by atoms with Crippen molar-refractivity contribution in [1.82, 2.24) is 4.90 Å². The molecule has 1 aromatic carbocycles. The van der Waals surface area contributed by atoms with E-state index < -0.39 is 41.5 Å². The highest BCUT2D eigenvalue weighted by Crippen LogP contribution is 2.32. The maximum atomic E-state index is 13.1. The average Bonchev–Trinajstić information content (AvgIpc) is 2.34. The van der Waals surface area contributed by atoms with Crippen LogP contribution in [0.2, 0.25) is 0 Å². The summed E-state index contributed by atoms with van der Waals surface area (Å²) in [6, 6.07) is 1.80. The Bertz CT molecular complexity index is 528. The van der Waals surface area contributed by atoms with Crippen molar-refractivity contribution in [2.75, 3.05) is 13.1 Å². The number of carboxylic acids is 1. The molecular formula is C12H11F4NO3. The highest BCUT2D eigenvalue weighted by atomic mass is 19.4. The van der Waals surface area contributed by atoms with Crippen molar-refractivity contribution in [3.63, 3.8) is 0 Å². The Morgan fingerprint density at radius 3 is 2.35 bits per heavy atom. The molecule has 0 aliphatic heterocycles. The lowest BCUT2D eigenvalue weighted by Crippen LogP contribution is -2.35. The summed E-state index contributed by atoms with van der Waals surface area (Å²) in [5.74, 6) is -3.69. The van der Waals surface area contributed by atoms with Gasteiger partial charge < -0.3 is 10.0 Å². The molecule has 0 radical (unpaired) electrons. The van der Waals surface area contributed by atoms with Gasteiger partial charge in [-0.05, 0) is 25.1 Å². The maximum absolute atomic E-state index is 13.1. The summed E-state index contributed by atoms with van der Waals surface area (Å²) < 4.78 is 50.7. The first-order valence-corrected chi connectivity index (χ1v) is 5.54. The van der Waals surface area contributed by atoms with Gasteiger partial charge in [-0.3, -0.25) is 9.59 Å². The van der Waals surface area contributed by atoms with E-state index in [0.29, 0.717) is 12.1 Å². The van der Waals surface area contributed by atoms with E-state index in [1.165, 1.54) is 6.92 Å². The molecule has 0 atom stereocenters. The first kappa shape index (κ1) is 15.9. The molecule has 0 aromatic heterocycles. The highest BCUT2D eigenvalue weighted by molar-refractivity contribution is 5.96. The molecule has 1 aromatic rings. The Labute approximate surface area is 111 Å². The van der Waals surface area contributed by atoms with Crippen LogP contribution >= 0.6 is 0 Å². The fraction of sp³-hybridized carbons (Fsp3) is 0.333. The molecule has 0 heterocycles. The van der Waals surface area contributed by atoms with Gasteiger partial charge in [0.15, 0.2) is 0 Å². The van der Waals surface area contributed by atoms with E-state index in [1.54, 1.807) is 0 Å². The quantitative estimate of drug-likeness (QED) is 0.867. The molecule has 0 unspecified atom stereocenters. The molecule has 8 heteroatoms. The lowest BCUT2D eigenvalue weighted by atomic mass is 10.1. The Morgan fingerprint density at radius 1 is 1.30 bits per heavy atom. The van der Waals surface area contributed by atoms with E-state index in [-0.39, 0.29) is 6.54 Å². The van der Waals surface area contributed by atoms with Crippen molar-refractivity contribution in [2.45, 2.75) is 13.1 Å². The lowest BCUT2D eigenvalue weighted by Gasteiger charge is -2.19. The third-order valence-corrected chi connectivity index (χ3v) is 2.51. The molecule has 0 saturated carbocycles. The summed E-state index contributed by atoms with van der Waals surface area (Å²) >= 11 is 0. The summed E-state index contributed by atoms with van der Waals surface area (Å²) in [5.41, 5.74) is -1.98. The van der Waals surface area contributed by atoms with E-state index in [9.17, 15) is 27.2 Å². The molecule has 0 fully saturated rings. The molecule has 0 saturated heterocycles. The molecule has 20 heavy (non-hydrogen) atoms. The third kappa shape index (κ3) is 3.69. The van der Waals surface area contributed by atoms with Gasteiger partial charge in [-0.15, -0.1) is 0 Å². The fourth-order valence-electron chi connectivity index (χ4n) is 1.55. The van der Waals surface area contributed by atoms with Gasteiger partial charge in [-0.25, -0.2) is 4.39 Å². The first-order chi connectivity index (χ1) is 9.16. The van der Waals surface area contributed by atoms with Crippen LogP contribution in [0.1, 0.15) is 22.8 Å². The van der Waals surface area contributed by atoms with Gasteiger partial charge in [0.1, 0.15) is 12.4 Å². The Balaban J connectivity index is 3.14. The van der Waals surface area contributed by atoms with Crippen molar-refractivity contribution >= 4 is 11.9 Å². The molecule has 4 nitrogen and oxygen atoms in total. The molecule has 0 bridgehead atoms. The molecule has 0 aliphatic carbocycles. The molecule has 0 aliphatic rings. The largest absolute Gasteiger partial charge is 0.480 e. The van der Waals surface area contributed by atoms with Gasteiger partial charge in [0.05, 0.1) is 5.56 Å². The Hall–Kier alpha value is -2.12. The molecule has 1 amide bonds. The molecule has 110 valence electrons. The number of amides is 1. The van der Waals surface area contributed by atoms with Crippen LogP contribution in [-0.2, 0) is 11.0 Å². The average molecular weight is 293 g/mol. The van der Waals surface area contributed by atoms with Crippen molar-refractivity contribution in [2.24, 2.45) is 0 Å². The number of halogens is 4. The minimum absolute atomic E-state index is 0.00383. The topological polar surface area (TPSA) is 57.6 Å². The van der Waals surface area contributed by atoms with Crippen LogP contribution in [0.25, 0.3) is 0 Å². The van der Waals surface area contributed by atoms with E-state index in [1.807, 2.05) is 0 Å². The zero-order chi connectivity index (χ0) is 15.5. The fourth-order valence-corrected chi connectivity index (χ4v) is 1.55. The SMILES string of the molecule is CCN(CC(=O)O)C(=O)c1ccc(F)c(C(F)(F)F)c1. The Morgan fingerprint density at radius 2 is 1.90 bits per heavy atom. The van der Waals surface area contributed by atoms with Gasteiger partial charge >= 0.3 is 12.1 Å². The van der Waals surface area contributed by atoms with Crippen LogP contribution in [-0.4, -0.2) is 35.0 Å². The van der Waals surface area contributed by atoms with Crippen LogP contribution in [0.5, 0.6) is 0 Å². The summed E-state index contributed by atoms with van der Waals surface area (Å²) in [4.78, 5) is 23.3. The summed E-state index contributed by atoms with van der Waals surface area (Å²) in [5, 5.41) is 8.60. The van der Waals surface area contributed by atoms with Crippen molar-refractivity contribution in [1.29, 1.82) is 0 Å². The smallest absolute Gasteiger partial charge is 0.419 e. The predicted molar refractivity (Wildman–Crippen MR) is 60.6 cm³/mol. The summed E-state index contributed by atoms with van der Waals surface area (Å²) in [6.45, 7) is 0.840. The van der Waals surface area contributed by atoms with Gasteiger partial charge in [0, 0.05) is 12.1 Å². The zero-order valence-corrected chi connectivity index (χ0v) is 10.4. The third-order valence-electron chi connectivity index (χ3n) is 2.51. The minimum atomic E-state index is -4.93. The molecule has 1 N–H and O–H groups in total. The predicted octanol–water partition coefficient (Wildman–Crippen LogP) is 2.39. The number of carbonyl (C=O) groups is 2. The second-order valence-electron chi connectivity index (χ2n) is 3.91. The molecule has 0 spiro atoms. The summed E-state index contributed by atoms with van der Waals surface area (Å²) in [7, 11) is 0. The zero-order valence-electron chi connectivity index (χ0n) is 10.4. The number of aliphatic carboxylic acids is 1. The maximum Gasteiger partial charge on any atom is 0.419 e. The number of carbonyl (C=O) groups excluding carboxylic acids is 1. The second kappa shape index (κ2) is 5.89. The number of hydrogen-bond acceptors (Lipinski definition) is 2. The first-order valence-electron chi connectivity index (χ1n) is 5.54. The van der Waals surface area contributed by atoms with Crippen molar-refractivity contribution in [3.8, 4) is 0 Å². The van der Waals surface area contributed by atoms with Crippen LogP contribution in [0.15, 0.2) is 18.2 Å². The van der Waals surface area contributed by atoms with E-state index in [4.69, 9.17) is 5.11 Å². The number of rotatable bonds is 4. The number of carboxylic acid groups (broad SMARTS) is 1. The van der Waals surface area contributed by atoms with Gasteiger partial charge in [-0.2, -0.15) is 13.2 Å². The van der Waals surface area contributed by atoms with Gasteiger partial charge in [0.2, 0.25) is 0 Å². The number of nitrogens with zero attached hydrogens (tertiary/aromatic N) is 1. The second-order valence-corrected chi connectivity index (χ2v) is 3.91. The van der Waals surface area contributed by atoms with Crippen molar-refractivity contribution < 1.29 is 32.3 Å².